The highest BCUT2D eigenvalue weighted by Crippen LogP contribution is 2.54. The summed E-state index contributed by atoms with van der Waals surface area (Å²) in [5, 5.41) is 31.0. The van der Waals surface area contributed by atoms with Gasteiger partial charge >= 0.3 is 0 Å². The summed E-state index contributed by atoms with van der Waals surface area (Å²) < 4.78 is 0. The Morgan fingerprint density at radius 3 is 2.63 bits per heavy atom. The van der Waals surface area contributed by atoms with Crippen molar-refractivity contribution in [3.05, 3.63) is 24.3 Å². The molecule has 106 valence electrons. The molecule has 6 atom stereocenters. The molecule has 6 unspecified atom stereocenters. The van der Waals surface area contributed by atoms with E-state index in [4.69, 9.17) is 0 Å². The van der Waals surface area contributed by atoms with Gasteiger partial charge in [0.25, 0.3) is 0 Å². The van der Waals surface area contributed by atoms with Gasteiger partial charge in [0.15, 0.2) is 0 Å². The minimum atomic E-state index is -0.922. The third-order valence-electron chi connectivity index (χ3n) is 5.00. The highest BCUT2D eigenvalue weighted by atomic mass is 16.3. The van der Waals surface area contributed by atoms with Crippen molar-refractivity contribution in [2.75, 3.05) is 0 Å². The zero-order chi connectivity index (χ0) is 14.4. The Labute approximate surface area is 113 Å². The number of rotatable bonds is 2. The fourth-order valence-corrected chi connectivity index (χ4v) is 3.93. The third kappa shape index (κ3) is 2.08. The summed E-state index contributed by atoms with van der Waals surface area (Å²) in [4.78, 5) is 10.9. The number of aliphatic hydroxyl groups excluding tert-OH is 3. The van der Waals surface area contributed by atoms with E-state index in [2.05, 4.69) is 13.2 Å². The van der Waals surface area contributed by atoms with Gasteiger partial charge in [-0.25, -0.2) is 0 Å². The topological polar surface area (TPSA) is 77.8 Å². The fraction of sp³-hybridized carbons (Fsp3) is 0.667. The van der Waals surface area contributed by atoms with Crippen LogP contribution < -0.4 is 0 Å². The van der Waals surface area contributed by atoms with Crippen molar-refractivity contribution < 1.29 is 20.1 Å². The molecular weight excluding hydrogens is 244 g/mol. The number of aldehydes is 1. The molecule has 0 saturated heterocycles. The molecule has 0 bridgehead atoms. The molecule has 0 aliphatic heterocycles. The summed E-state index contributed by atoms with van der Waals surface area (Å²) in [5.41, 5.74) is 0.499. The second kappa shape index (κ2) is 4.85. The quantitative estimate of drug-likeness (QED) is 0.393. The molecule has 0 spiro atoms. The minimum Gasteiger partial charge on any atom is -0.393 e. The second-order valence-electron chi connectivity index (χ2n) is 6.18. The Bertz CT molecular complexity index is 416. The Hall–Kier alpha value is -0.970. The third-order valence-corrected chi connectivity index (χ3v) is 5.00. The summed E-state index contributed by atoms with van der Waals surface area (Å²) in [7, 11) is 0. The van der Waals surface area contributed by atoms with Crippen LogP contribution >= 0.6 is 0 Å². The zero-order valence-corrected chi connectivity index (χ0v) is 11.2. The number of hydrogen-bond donors (Lipinski definition) is 3. The maximum Gasteiger partial charge on any atom is 0.145 e. The summed E-state index contributed by atoms with van der Waals surface area (Å²) in [6.07, 6.45) is -0.172. The van der Waals surface area contributed by atoms with Crippen molar-refractivity contribution in [3.63, 3.8) is 0 Å². The molecule has 0 amide bonds. The van der Waals surface area contributed by atoms with Crippen LogP contribution in [0.5, 0.6) is 0 Å². The molecular formula is C15H22O4. The van der Waals surface area contributed by atoms with E-state index in [-0.39, 0.29) is 11.5 Å². The Balaban J connectivity index is 2.39. The first kappa shape index (κ1) is 14.4. The van der Waals surface area contributed by atoms with Crippen LogP contribution in [0.3, 0.4) is 0 Å². The van der Waals surface area contributed by atoms with Crippen LogP contribution in [0.25, 0.3) is 0 Å². The van der Waals surface area contributed by atoms with E-state index in [1.807, 2.05) is 6.92 Å². The summed E-state index contributed by atoms with van der Waals surface area (Å²) in [6, 6.07) is 0. The highest BCUT2D eigenvalue weighted by molar-refractivity contribution is 5.73. The molecule has 2 fully saturated rings. The van der Waals surface area contributed by atoms with E-state index < -0.39 is 29.6 Å². The van der Waals surface area contributed by atoms with Gasteiger partial charge in [-0.15, -0.1) is 0 Å². The first-order chi connectivity index (χ1) is 8.82. The van der Waals surface area contributed by atoms with E-state index in [1.165, 1.54) is 0 Å². The van der Waals surface area contributed by atoms with Gasteiger partial charge in [0.2, 0.25) is 0 Å². The summed E-state index contributed by atoms with van der Waals surface area (Å²) in [6.45, 7) is 9.50. The van der Waals surface area contributed by atoms with Gasteiger partial charge in [-0.2, -0.15) is 0 Å². The predicted molar refractivity (Wildman–Crippen MR) is 71.3 cm³/mol. The predicted octanol–water partition coefficient (Wildman–Crippen LogP) is 0.817. The molecule has 2 aliphatic rings. The second-order valence-corrected chi connectivity index (χ2v) is 6.18. The Morgan fingerprint density at radius 2 is 2.05 bits per heavy atom. The first-order valence-corrected chi connectivity index (χ1v) is 6.68. The van der Waals surface area contributed by atoms with Gasteiger partial charge in [-0.1, -0.05) is 25.7 Å². The van der Waals surface area contributed by atoms with Crippen molar-refractivity contribution >= 4 is 6.29 Å². The van der Waals surface area contributed by atoms with Crippen molar-refractivity contribution in [1.29, 1.82) is 0 Å². The lowest BCUT2D eigenvalue weighted by Crippen LogP contribution is -2.58. The Morgan fingerprint density at radius 1 is 1.42 bits per heavy atom. The molecule has 4 heteroatoms. The van der Waals surface area contributed by atoms with Crippen molar-refractivity contribution in [1.82, 2.24) is 0 Å². The molecule has 0 aromatic carbocycles. The average Bonchev–Trinajstić information content (AvgIpc) is 2.33. The average molecular weight is 266 g/mol. The van der Waals surface area contributed by atoms with E-state index in [0.717, 1.165) is 5.57 Å². The standard InChI is InChI=1S/C15H22O4/c1-8-4-5-11(18)15(3)6-10(17)12(9(2)7-16)14(19)13(8)15/h7,10-14,17-19H,1-2,4-6H2,3H3. The molecule has 19 heavy (non-hydrogen) atoms. The van der Waals surface area contributed by atoms with E-state index in [0.29, 0.717) is 25.5 Å². The lowest BCUT2D eigenvalue weighted by Gasteiger charge is -2.55. The van der Waals surface area contributed by atoms with Gasteiger partial charge < -0.3 is 15.3 Å². The van der Waals surface area contributed by atoms with Crippen LogP contribution in [-0.2, 0) is 4.79 Å². The van der Waals surface area contributed by atoms with Crippen LogP contribution in [0, 0.1) is 17.3 Å². The van der Waals surface area contributed by atoms with Crippen molar-refractivity contribution in [2.24, 2.45) is 17.3 Å². The largest absolute Gasteiger partial charge is 0.393 e. The van der Waals surface area contributed by atoms with E-state index in [1.54, 1.807) is 0 Å². The zero-order valence-electron chi connectivity index (χ0n) is 11.2. The molecule has 0 radical (unpaired) electrons. The first-order valence-electron chi connectivity index (χ1n) is 6.68. The summed E-state index contributed by atoms with van der Waals surface area (Å²) in [5.74, 6) is -0.973. The van der Waals surface area contributed by atoms with Gasteiger partial charge in [0.1, 0.15) is 6.29 Å². The molecule has 2 saturated carbocycles. The van der Waals surface area contributed by atoms with Crippen molar-refractivity contribution in [2.45, 2.75) is 44.5 Å². The molecule has 2 aliphatic carbocycles. The number of aliphatic hydroxyl groups is 3. The molecule has 0 heterocycles. The van der Waals surface area contributed by atoms with Gasteiger partial charge in [0, 0.05) is 17.3 Å². The van der Waals surface area contributed by atoms with Gasteiger partial charge in [-0.05, 0) is 24.8 Å². The van der Waals surface area contributed by atoms with Crippen LogP contribution in [-0.4, -0.2) is 39.9 Å². The van der Waals surface area contributed by atoms with Crippen LogP contribution in [0.4, 0.5) is 0 Å². The molecule has 4 nitrogen and oxygen atoms in total. The molecule has 0 aromatic rings. The number of carbonyl (C=O) groups is 1. The fourth-order valence-electron chi connectivity index (χ4n) is 3.93. The smallest absolute Gasteiger partial charge is 0.145 e. The van der Waals surface area contributed by atoms with Crippen LogP contribution in [0.2, 0.25) is 0 Å². The van der Waals surface area contributed by atoms with E-state index in [9.17, 15) is 20.1 Å². The SMILES string of the molecule is C=C(C=O)C1C(O)CC2(C)C(O)CCC(=C)C2C1O. The van der Waals surface area contributed by atoms with Gasteiger partial charge in [-0.3, -0.25) is 4.79 Å². The lowest BCUT2D eigenvalue weighted by atomic mass is 9.53. The summed E-state index contributed by atoms with van der Waals surface area (Å²) >= 11 is 0. The maximum atomic E-state index is 10.9. The Kier molecular flexibility index (Phi) is 3.69. The molecule has 2 rings (SSSR count). The normalized spacial score (nSPS) is 46.5. The van der Waals surface area contributed by atoms with Crippen molar-refractivity contribution in [3.8, 4) is 0 Å². The molecule has 3 N–H and O–H groups in total. The van der Waals surface area contributed by atoms with E-state index >= 15 is 0 Å². The van der Waals surface area contributed by atoms with Crippen LogP contribution in [0.15, 0.2) is 24.3 Å². The highest BCUT2D eigenvalue weighted by Gasteiger charge is 2.56. The molecule has 0 aromatic heterocycles. The van der Waals surface area contributed by atoms with Gasteiger partial charge in [0.05, 0.1) is 18.3 Å². The maximum absolute atomic E-state index is 10.9. The minimum absolute atomic E-state index is 0.204. The lowest BCUT2D eigenvalue weighted by molar-refractivity contribution is -0.148. The number of fused-ring (bicyclic) bond motifs is 1. The monoisotopic (exact) mass is 266 g/mol. The van der Waals surface area contributed by atoms with Crippen LogP contribution in [0.1, 0.15) is 26.2 Å². The number of carbonyl (C=O) groups excluding carboxylic acids is 1. The number of hydrogen-bond acceptors (Lipinski definition) is 4.